The van der Waals surface area contributed by atoms with E-state index in [1.54, 1.807) is 48.4 Å². The van der Waals surface area contributed by atoms with Crippen molar-refractivity contribution in [2.45, 2.75) is 13.0 Å². The number of carbonyl (C=O) groups is 1. The molecule has 1 unspecified atom stereocenters. The molecule has 1 atom stereocenters. The number of anilines is 1. The second kappa shape index (κ2) is 7.89. The summed E-state index contributed by atoms with van der Waals surface area (Å²) < 4.78 is 16.9. The molecule has 0 bridgehead atoms. The lowest BCUT2D eigenvalue weighted by Gasteiger charge is -2.25. The average Bonchev–Trinajstić information content (AvgIpc) is 3.12. The molecular formula is C26H21NO5. The van der Waals surface area contributed by atoms with Gasteiger partial charge in [0, 0.05) is 11.8 Å². The highest BCUT2D eigenvalue weighted by Crippen LogP contribution is 2.42. The third-order valence-corrected chi connectivity index (χ3v) is 5.62. The van der Waals surface area contributed by atoms with E-state index in [9.17, 15) is 9.59 Å². The third-order valence-electron chi connectivity index (χ3n) is 5.62. The Morgan fingerprint density at radius 1 is 0.938 bits per heavy atom. The fourth-order valence-electron chi connectivity index (χ4n) is 4.17. The zero-order valence-corrected chi connectivity index (χ0v) is 17.7. The van der Waals surface area contributed by atoms with Crippen LogP contribution < -0.4 is 19.8 Å². The third kappa shape index (κ3) is 3.12. The standard InChI is InChI=1S/C26H21NO5/c1-3-31-18-13-11-16(12-14-18)23-22-24(28)20-9-4-5-10-21(20)32-25(22)26(29)27(23)17-7-6-8-19(15-17)30-2/h4-15,23H,3H2,1-2H3. The summed E-state index contributed by atoms with van der Waals surface area (Å²) in [6, 6.07) is 21.0. The summed E-state index contributed by atoms with van der Waals surface area (Å²) in [4.78, 5) is 28.7. The number of carbonyl (C=O) groups excluding carboxylic acids is 1. The van der Waals surface area contributed by atoms with Crippen LogP contribution in [0, 0.1) is 0 Å². The number of methoxy groups -OCH3 is 1. The van der Waals surface area contributed by atoms with Gasteiger partial charge in [0.05, 0.1) is 30.7 Å². The number of hydrogen-bond donors (Lipinski definition) is 0. The predicted octanol–water partition coefficient (Wildman–Crippen LogP) is 4.95. The van der Waals surface area contributed by atoms with Crippen LogP contribution in [0.1, 0.15) is 34.6 Å². The van der Waals surface area contributed by atoms with Crippen LogP contribution in [-0.2, 0) is 0 Å². The molecule has 160 valence electrons. The van der Waals surface area contributed by atoms with Gasteiger partial charge in [-0.2, -0.15) is 0 Å². The quantitative estimate of drug-likeness (QED) is 0.451. The van der Waals surface area contributed by atoms with Gasteiger partial charge in [0.1, 0.15) is 17.1 Å². The van der Waals surface area contributed by atoms with Crippen LogP contribution >= 0.6 is 0 Å². The number of ether oxygens (including phenoxy) is 2. The van der Waals surface area contributed by atoms with Crippen LogP contribution in [0.15, 0.2) is 82.0 Å². The van der Waals surface area contributed by atoms with E-state index >= 15 is 0 Å². The Hall–Kier alpha value is -4.06. The van der Waals surface area contributed by atoms with Crippen molar-refractivity contribution in [2.75, 3.05) is 18.6 Å². The van der Waals surface area contributed by atoms with Crippen LogP contribution in [0.2, 0.25) is 0 Å². The number of hydrogen-bond acceptors (Lipinski definition) is 5. The molecule has 6 heteroatoms. The van der Waals surface area contributed by atoms with Gasteiger partial charge in [0.15, 0.2) is 5.43 Å². The molecule has 32 heavy (non-hydrogen) atoms. The largest absolute Gasteiger partial charge is 0.497 e. The summed E-state index contributed by atoms with van der Waals surface area (Å²) >= 11 is 0. The van der Waals surface area contributed by atoms with E-state index in [0.717, 1.165) is 11.3 Å². The minimum Gasteiger partial charge on any atom is -0.497 e. The molecule has 3 aromatic carbocycles. The maximum atomic E-state index is 13.6. The van der Waals surface area contributed by atoms with E-state index in [4.69, 9.17) is 13.9 Å². The smallest absolute Gasteiger partial charge is 0.295 e. The molecular weight excluding hydrogens is 406 g/mol. The Labute approximate surface area is 184 Å². The lowest BCUT2D eigenvalue weighted by molar-refractivity contribution is 0.0971. The Morgan fingerprint density at radius 2 is 1.72 bits per heavy atom. The van der Waals surface area contributed by atoms with E-state index in [0.29, 0.717) is 34.6 Å². The van der Waals surface area contributed by atoms with Crippen molar-refractivity contribution in [3.63, 3.8) is 0 Å². The highest BCUT2D eigenvalue weighted by molar-refractivity contribution is 6.10. The SMILES string of the molecule is CCOc1ccc(C2c3c(oc4ccccc4c3=O)C(=O)N2c2cccc(OC)c2)cc1. The molecule has 0 spiro atoms. The second-order valence-corrected chi connectivity index (χ2v) is 7.45. The zero-order valence-electron chi connectivity index (χ0n) is 17.7. The maximum absolute atomic E-state index is 13.6. The Balaban J connectivity index is 1.75. The van der Waals surface area contributed by atoms with E-state index < -0.39 is 6.04 Å². The van der Waals surface area contributed by atoms with Crippen molar-refractivity contribution in [3.05, 3.63) is 99.9 Å². The van der Waals surface area contributed by atoms with E-state index in [-0.39, 0.29) is 17.1 Å². The van der Waals surface area contributed by atoms with Crippen LogP contribution in [0.25, 0.3) is 11.0 Å². The molecule has 1 amide bonds. The van der Waals surface area contributed by atoms with Gasteiger partial charge in [-0.3, -0.25) is 14.5 Å². The number of rotatable bonds is 5. The molecule has 1 aliphatic heterocycles. The molecule has 0 aliphatic carbocycles. The first-order valence-corrected chi connectivity index (χ1v) is 10.4. The van der Waals surface area contributed by atoms with Gasteiger partial charge in [0.2, 0.25) is 5.76 Å². The minimum atomic E-state index is -0.638. The Morgan fingerprint density at radius 3 is 2.47 bits per heavy atom. The van der Waals surface area contributed by atoms with Crippen molar-refractivity contribution in [1.29, 1.82) is 0 Å². The average molecular weight is 427 g/mol. The fraction of sp³-hybridized carbons (Fsp3) is 0.154. The van der Waals surface area contributed by atoms with Crippen molar-refractivity contribution in [3.8, 4) is 11.5 Å². The zero-order chi connectivity index (χ0) is 22.2. The molecule has 2 heterocycles. The normalized spacial score (nSPS) is 15.1. The number of nitrogens with zero attached hydrogens (tertiary/aromatic N) is 1. The summed E-state index contributed by atoms with van der Waals surface area (Å²) in [5, 5.41) is 0.447. The molecule has 0 fully saturated rings. The summed E-state index contributed by atoms with van der Waals surface area (Å²) in [5.41, 5.74) is 1.91. The van der Waals surface area contributed by atoms with Crippen molar-refractivity contribution in [2.24, 2.45) is 0 Å². The molecule has 1 aromatic heterocycles. The molecule has 5 rings (SSSR count). The van der Waals surface area contributed by atoms with Gasteiger partial charge in [-0.25, -0.2) is 0 Å². The first kappa shape index (κ1) is 19.9. The first-order valence-electron chi connectivity index (χ1n) is 10.4. The molecule has 0 saturated carbocycles. The topological polar surface area (TPSA) is 69.0 Å². The second-order valence-electron chi connectivity index (χ2n) is 7.45. The molecule has 0 radical (unpaired) electrons. The summed E-state index contributed by atoms with van der Waals surface area (Å²) in [5.74, 6) is 1.03. The van der Waals surface area contributed by atoms with Gasteiger partial charge >= 0.3 is 0 Å². The molecule has 0 N–H and O–H groups in total. The predicted molar refractivity (Wildman–Crippen MR) is 122 cm³/mol. The molecule has 0 saturated heterocycles. The van der Waals surface area contributed by atoms with Crippen molar-refractivity contribution >= 4 is 22.6 Å². The number of amides is 1. The number of para-hydroxylation sites is 1. The van der Waals surface area contributed by atoms with E-state index in [2.05, 4.69) is 0 Å². The van der Waals surface area contributed by atoms with E-state index in [1.807, 2.05) is 43.3 Å². The Kier molecular flexibility index (Phi) is 4.90. The van der Waals surface area contributed by atoms with Gasteiger partial charge in [-0.05, 0) is 48.9 Å². The Bertz CT molecular complexity index is 1370. The van der Waals surface area contributed by atoms with E-state index in [1.165, 1.54) is 0 Å². The highest BCUT2D eigenvalue weighted by Gasteiger charge is 2.43. The minimum absolute atomic E-state index is 0.0652. The van der Waals surface area contributed by atoms with Crippen LogP contribution in [0.5, 0.6) is 11.5 Å². The number of benzene rings is 3. The monoisotopic (exact) mass is 427 g/mol. The fourth-order valence-corrected chi connectivity index (χ4v) is 4.17. The summed E-state index contributed by atoms with van der Waals surface area (Å²) in [6.07, 6.45) is 0. The molecule has 6 nitrogen and oxygen atoms in total. The van der Waals surface area contributed by atoms with Crippen LogP contribution in [-0.4, -0.2) is 19.6 Å². The van der Waals surface area contributed by atoms with Crippen LogP contribution in [0.3, 0.4) is 0 Å². The van der Waals surface area contributed by atoms with Gasteiger partial charge < -0.3 is 13.9 Å². The highest BCUT2D eigenvalue weighted by atomic mass is 16.5. The first-order chi connectivity index (χ1) is 15.6. The van der Waals surface area contributed by atoms with Crippen molar-refractivity contribution < 1.29 is 18.7 Å². The van der Waals surface area contributed by atoms with Gasteiger partial charge in [-0.15, -0.1) is 0 Å². The molecule has 4 aromatic rings. The molecule has 1 aliphatic rings. The van der Waals surface area contributed by atoms with Crippen LogP contribution in [0.4, 0.5) is 5.69 Å². The van der Waals surface area contributed by atoms with Crippen molar-refractivity contribution in [1.82, 2.24) is 0 Å². The summed E-state index contributed by atoms with van der Waals surface area (Å²) in [7, 11) is 1.57. The number of fused-ring (bicyclic) bond motifs is 2. The lowest BCUT2D eigenvalue weighted by Crippen LogP contribution is -2.29. The van der Waals surface area contributed by atoms with Gasteiger partial charge in [0.25, 0.3) is 5.91 Å². The maximum Gasteiger partial charge on any atom is 0.295 e. The van der Waals surface area contributed by atoms with Gasteiger partial charge in [-0.1, -0.05) is 30.3 Å². The summed E-state index contributed by atoms with van der Waals surface area (Å²) in [6.45, 7) is 2.47. The lowest BCUT2D eigenvalue weighted by atomic mass is 9.98.